The monoisotopic (exact) mass is 341 g/mol. The quantitative estimate of drug-likeness (QED) is 0.303. The molecule has 0 rings (SSSR count). The lowest BCUT2D eigenvalue weighted by Crippen LogP contribution is -2.42. The van der Waals surface area contributed by atoms with E-state index in [2.05, 4.69) is 39.5 Å². The molecule has 1 N–H and O–H groups in total. The fraction of sp³-hybridized carbons (Fsp3) is 1.00. The van der Waals surface area contributed by atoms with E-state index in [1.807, 2.05) is 0 Å². The van der Waals surface area contributed by atoms with Gasteiger partial charge >= 0.3 is 0 Å². The normalized spacial score (nSPS) is 13.4. The SMILES string of the molecule is CCCCCCCCCCCCCCC(O)CN(C(C)C)C(C)C. The van der Waals surface area contributed by atoms with Crippen molar-refractivity contribution < 1.29 is 5.11 Å². The molecule has 0 aliphatic heterocycles. The summed E-state index contributed by atoms with van der Waals surface area (Å²) in [6.45, 7) is 12.0. The zero-order valence-corrected chi connectivity index (χ0v) is 17.5. The van der Waals surface area contributed by atoms with E-state index < -0.39 is 0 Å². The van der Waals surface area contributed by atoms with Crippen molar-refractivity contribution in [2.45, 2.75) is 136 Å². The predicted molar refractivity (Wildman–Crippen MR) is 109 cm³/mol. The van der Waals surface area contributed by atoms with E-state index in [1.54, 1.807) is 0 Å². The first-order valence-electron chi connectivity index (χ1n) is 10.9. The summed E-state index contributed by atoms with van der Waals surface area (Å²) in [6.07, 6.45) is 17.4. The maximum Gasteiger partial charge on any atom is 0.0667 e. The molecule has 0 aromatic heterocycles. The Labute approximate surface area is 153 Å². The summed E-state index contributed by atoms with van der Waals surface area (Å²) in [6, 6.07) is 1.03. The van der Waals surface area contributed by atoms with Gasteiger partial charge in [-0.05, 0) is 34.1 Å². The number of unbranched alkanes of at least 4 members (excludes halogenated alkanes) is 11. The van der Waals surface area contributed by atoms with Gasteiger partial charge in [-0.1, -0.05) is 84.0 Å². The fourth-order valence-corrected chi connectivity index (χ4v) is 3.57. The van der Waals surface area contributed by atoms with Crippen molar-refractivity contribution >= 4 is 0 Å². The van der Waals surface area contributed by atoms with Crippen LogP contribution in [0.3, 0.4) is 0 Å². The molecule has 146 valence electrons. The van der Waals surface area contributed by atoms with Gasteiger partial charge in [-0.15, -0.1) is 0 Å². The van der Waals surface area contributed by atoms with Gasteiger partial charge in [-0.2, -0.15) is 0 Å². The average Bonchev–Trinajstić information content (AvgIpc) is 2.53. The van der Waals surface area contributed by atoms with E-state index in [9.17, 15) is 5.11 Å². The third-order valence-electron chi connectivity index (χ3n) is 5.14. The molecule has 0 bridgehead atoms. The van der Waals surface area contributed by atoms with Crippen molar-refractivity contribution in [3.8, 4) is 0 Å². The molecule has 0 saturated heterocycles. The molecule has 0 spiro atoms. The summed E-state index contributed by atoms with van der Waals surface area (Å²) in [7, 11) is 0. The predicted octanol–water partition coefficient (Wildman–Crippen LogP) is 6.56. The van der Waals surface area contributed by atoms with E-state index in [1.165, 1.54) is 77.0 Å². The third-order valence-corrected chi connectivity index (χ3v) is 5.14. The lowest BCUT2D eigenvalue weighted by atomic mass is 10.0. The van der Waals surface area contributed by atoms with Crippen LogP contribution < -0.4 is 0 Å². The Morgan fingerprint density at radius 2 is 1.00 bits per heavy atom. The highest BCUT2D eigenvalue weighted by Crippen LogP contribution is 2.14. The Hall–Kier alpha value is -0.0800. The van der Waals surface area contributed by atoms with Crippen molar-refractivity contribution in [3.63, 3.8) is 0 Å². The third kappa shape index (κ3) is 14.3. The summed E-state index contributed by atoms with van der Waals surface area (Å²) in [4.78, 5) is 2.39. The summed E-state index contributed by atoms with van der Waals surface area (Å²) in [5.41, 5.74) is 0. The Kier molecular flexibility index (Phi) is 16.3. The number of aliphatic hydroxyl groups is 1. The summed E-state index contributed by atoms with van der Waals surface area (Å²) in [5, 5.41) is 10.2. The van der Waals surface area contributed by atoms with E-state index in [-0.39, 0.29) is 6.10 Å². The van der Waals surface area contributed by atoms with Crippen molar-refractivity contribution in [2.24, 2.45) is 0 Å². The molecule has 2 nitrogen and oxygen atoms in total. The second-order valence-corrected chi connectivity index (χ2v) is 8.22. The number of nitrogens with zero attached hydrogens (tertiary/aromatic N) is 1. The van der Waals surface area contributed by atoms with Crippen molar-refractivity contribution in [3.05, 3.63) is 0 Å². The summed E-state index contributed by atoms with van der Waals surface area (Å²) in [5.74, 6) is 0. The van der Waals surface area contributed by atoms with Crippen molar-refractivity contribution in [1.29, 1.82) is 0 Å². The van der Waals surface area contributed by atoms with Crippen LogP contribution in [0.5, 0.6) is 0 Å². The molecular weight excluding hydrogens is 294 g/mol. The Bertz CT molecular complexity index is 244. The maximum atomic E-state index is 10.2. The van der Waals surface area contributed by atoms with E-state index in [0.717, 1.165) is 13.0 Å². The van der Waals surface area contributed by atoms with Gasteiger partial charge in [0.15, 0.2) is 0 Å². The molecule has 0 heterocycles. The smallest absolute Gasteiger partial charge is 0.0667 e. The van der Waals surface area contributed by atoms with Crippen LogP contribution in [-0.2, 0) is 0 Å². The number of aliphatic hydroxyl groups excluding tert-OH is 1. The number of hydrogen-bond donors (Lipinski definition) is 1. The van der Waals surface area contributed by atoms with Crippen LogP contribution in [0.4, 0.5) is 0 Å². The number of hydrogen-bond acceptors (Lipinski definition) is 2. The largest absolute Gasteiger partial charge is 0.392 e. The first kappa shape index (κ1) is 23.9. The molecule has 0 aliphatic rings. The molecule has 24 heavy (non-hydrogen) atoms. The first-order valence-corrected chi connectivity index (χ1v) is 10.9. The van der Waals surface area contributed by atoms with Crippen LogP contribution in [0, 0.1) is 0 Å². The van der Waals surface area contributed by atoms with Crippen LogP contribution in [0.1, 0.15) is 118 Å². The standard InChI is InChI=1S/C22H47NO/c1-6-7-8-9-10-11-12-13-14-15-16-17-18-22(24)19-23(20(2)3)21(4)5/h20-22,24H,6-19H2,1-5H3. The topological polar surface area (TPSA) is 23.5 Å². The second kappa shape index (κ2) is 16.4. The number of rotatable bonds is 17. The van der Waals surface area contributed by atoms with E-state index >= 15 is 0 Å². The molecule has 0 aromatic rings. The molecule has 0 radical (unpaired) electrons. The average molecular weight is 342 g/mol. The van der Waals surface area contributed by atoms with Gasteiger partial charge in [0, 0.05) is 18.6 Å². The summed E-state index contributed by atoms with van der Waals surface area (Å²) < 4.78 is 0. The van der Waals surface area contributed by atoms with Gasteiger partial charge in [-0.25, -0.2) is 0 Å². The van der Waals surface area contributed by atoms with Crippen molar-refractivity contribution in [1.82, 2.24) is 4.90 Å². The Morgan fingerprint density at radius 1 is 0.625 bits per heavy atom. The summed E-state index contributed by atoms with van der Waals surface area (Å²) >= 11 is 0. The van der Waals surface area contributed by atoms with Crippen LogP contribution in [0.25, 0.3) is 0 Å². The molecule has 2 heteroatoms. The molecular formula is C22H47NO. The van der Waals surface area contributed by atoms with Gasteiger partial charge in [0.25, 0.3) is 0 Å². The molecule has 1 atom stereocenters. The first-order chi connectivity index (χ1) is 11.5. The van der Waals surface area contributed by atoms with Gasteiger partial charge in [0.05, 0.1) is 6.10 Å². The molecule has 0 aromatic carbocycles. The minimum atomic E-state index is -0.155. The lowest BCUT2D eigenvalue weighted by Gasteiger charge is -2.32. The lowest BCUT2D eigenvalue weighted by molar-refractivity contribution is 0.0691. The van der Waals surface area contributed by atoms with Crippen LogP contribution in [-0.4, -0.2) is 34.7 Å². The van der Waals surface area contributed by atoms with E-state index in [4.69, 9.17) is 0 Å². The van der Waals surface area contributed by atoms with Crippen LogP contribution in [0.2, 0.25) is 0 Å². The molecule has 1 unspecified atom stereocenters. The van der Waals surface area contributed by atoms with Gasteiger partial charge < -0.3 is 5.11 Å². The van der Waals surface area contributed by atoms with E-state index in [0.29, 0.717) is 12.1 Å². The molecule has 0 aliphatic carbocycles. The highest BCUT2D eigenvalue weighted by Gasteiger charge is 2.17. The second-order valence-electron chi connectivity index (χ2n) is 8.22. The van der Waals surface area contributed by atoms with Gasteiger partial charge in [0.1, 0.15) is 0 Å². The molecule has 0 amide bonds. The van der Waals surface area contributed by atoms with Gasteiger partial charge in [-0.3, -0.25) is 4.90 Å². The molecule has 0 saturated carbocycles. The minimum absolute atomic E-state index is 0.155. The Balaban J connectivity index is 3.40. The fourth-order valence-electron chi connectivity index (χ4n) is 3.57. The minimum Gasteiger partial charge on any atom is -0.392 e. The Morgan fingerprint density at radius 3 is 1.38 bits per heavy atom. The highest BCUT2D eigenvalue weighted by atomic mass is 16.3. The molecule has 0 fully saturated rings. The maximum absolute atomic E-state index is 10.2. The zero-order chi connectivity index (χ0) is 18.2. The van der Waals surface area contributed by atoms with Crippen LogP contribution in [0.15, 0.2) is 0 Å². The zero-order valence-electron chi connectivity index (χ0n) is 17.5. The van der Waals surface area contributed by atoms with Gasteiger partial charge in [0.2, 0.25) is 0 Å². The highest BCUT2D eigenvalue weighted by molar-refractivity contribution is 4.71. The van der Waals surface area contributed by atoms with Crippen molar-refractivity contribution in [2.75, 3.05) is 6.54 Å². The van der Waals surface area contributed by atoms with Crippen LogP contribution >= 0.6 is 0 Å².